The van der Waals surface area contributed by atoms with Crippen LogP contribution in [0, 0.1) is 0 Å². The Bertz CT molecular complexity index is 947. The number of thioether (sulfide) groups is 1. The molecule has 1 N–H and O–H groups in total. The molecule has 0 bridgehead atoms. The summed E-state index contributed by atoms with van der Waals surface area (Å²) in [5, 5.41) is 9.76. The van der Waals surface area contributed by atoms with Crippen molar-refractivity contribution in [1.29, 1.82) is 0 Å². The number of amides is 2. The van der Waals surface area contributed by atoms with Gasteiger partial charge in [-0.3, -0.25) is 14.5 Å². The van der Waals surface area contributed by atoms with Crippen LogP contribution in [-0.2, 0) is 11.2 Å². The third kappa shape index (κ3) is 4.45. The number of phenolic OH excluding ortho intramolecular Hbond substituents is 1. The minimum atomic E-state index is -0.307. The van der Waals surface area contributed by atoms with E-state index in [1.54, 1.807) is 12.1 Å². The normalized spacial score (nSPS) is 15.5. The second-order valence-electron chi connectivity index (χ2n) is 6.07. The van der Waals surface area contributed by atoms with Crippen LogP contribution in [0.5, 0.6) is 11.5 Å². The number of phenols is 1. The molecular weight excluding hydrogens is 510 g/mol. The van der Waals surface area contributed by atoms with E-state index in [-0.39, 0.29) is 22.6 Å². The summed E-state index contributed by atoms with van der Waals surface area (Å²) in [6, 6.07) is 11.6. The number of nitrogens with zero attached hydrogens (tertiary/aromatic N) is 1. The van der Waals surface area contributed by atoms with Gasteiger partial charge in [0.25, 0.3) is 11.1 Å². The number of imide groups is 1. The minimum absolute atomic E-state index is 0.0412. The van der Waals surface area contributed by atoms with Crippen LogP contribution >= 0.6 is 43.6 Å². The van der Waals surface area contributed by atoms with Gasteiger partial charge >= 0.3 is 0 Å². The van der Waals surface area contributed by atoms with Gasteiger partial charge in [0.05, 0.1) is 16.5 Å². The van der Waals surface area contributed by atoms with E-state index >= 15 is 0 Å². The third-order valence-electron chi connectivity index (χ3n) is 4.24. The summed E-state index contributed by atoms with van der Waals surface area (Å²) in [7, 11) is 1.44. The fourth-order valence-electron chi connectivity index (χ4n) is 2.79. The van der Waals surface area contributed by atoms with E-state index in [4.69, 9.17) is 4.74 Å². The van der Waals surface area contributed by atoms with Gasteiger partial charge in [0.1, 0.15) is 0 Å². The number of benzene rings is 2. The maximum atomic E-state index is 12.7. The molecule has 1 fully saturated rings. The molecule has 8 heteroatoms. The summed E-state index contributed by atoms with van der Waals surface area (Å²) in [4.78, 5) is 26.6. The summed E-state index contributed by atoms with van der Waals surface area (Å²) in [6.07, 6.45) is 3.13. The molecule has 2 aromatic carbocycles. The third-order valence-corrected chi connectivity index (χ3v) is 7.31. The molecule has 1 saturated heterocycles. The molecule has 3 rings (SSSR count). The summed E-state index contributed by atoms with van der Waals surface area (Å²) >= 11 is 7.60. The summed E-state index contributed by atoms with van der Waals surface area (Å²) in [6.45, 7) is 0.376. The number of hydrogen-bond donors (Lipinski definition) is 1. The number of halogens is 2. The van der Waals surface area contributed by atoms with Crippen molar-refractivity contribution in [2.24, 2.45) is 0 Å². The van der Waals surface area contributed by atoms with Crippen molar-refractivity contribution in [3.05, 3.63) is 61.4 Å². The molecule has 28 heavy (non-hydrogen) atoms. The van der Waals surface area contributed by atoms with E-state index in [1.807, 2.05) is 30.3 Å². The van der Waals surface area contributed by atoms with Crippen LogP contribution in [0.2, 0.25) is 0 Å². The maximum absolute atomic E-state index is 12.7. The molecule has 1 aliphatic heterocycles. The van der Waals surface area contributed by atoms with Crippen LogP contribution in [0.15, 0.2) is 50.2 Å². The van der Waals surface area contributed by atoms with Crippen LogP contribution < -0.4 is 4.74 Å². The van der Waals surface area contributed by atoms with Gasteiger partial charge in [-0.2, -0.15) is 0 Å². The van der Waals surface area contributed by atoms with Gasteiger partial charge < -0.3 is 9.84 Å². The van der Waals surface area contributed by atoms with E-state index < -0.39 is 0 Å². The van der Waals surface area contributed by atoms with E-state index in [0.717, 1.165) is 18.2 Å². The van der Waals surface area contributed by atoms with Crippen molar-refractivity contribution in [3.63, 3.8) is 0 Å². The van der Waals surface area contributed by atoms with Gasteiger partial charge in [-0.1, -0.05) is 30.3 Å². The number of rotatable bonds is 6. The highest BCUT2D eigenvalue weighted by molar-refractivity contribution is 9.13. The van der Waals surface area contributed by atoms with Gasteiger partial charge in [0.15, 0.2) is 11.5 Å². The molecule has 2 aromatic rings. The molecule has 0 spiro atoms. The Hall–Kier alpha value is -1.77. The first kappa shape index (κ1) is 21.0. The van der Waals surface area contributed by atoms with Gasteiger partial charge in [-0.15, -0.1) is 0 Å². The lowest BCUT2D eigenvalue weighted by molar-refractivity contribution is -0.122. The molecule has 1 heterocycles. The number of hydrogen-bond acceptors (Lipinski definition) is 5. The summed E-state index contributed by atoms with van der Waals surface area (Å²) in [5.41, 5.74) is 1.80. The number of carbonyl (C=O) groups is 2. The minimum Gasteiger partial charge on any atom is -0.503 e. The fraction of sp³-hybridized carbons (Fsp3) is 0.200. The Balaban J connectivity index is 1.75. The Morgan fingerprint density at radius 3 is 2.57 bits per heavy atom. The van der Waals surface area contributed by atoms with Gasteiger partial charge in [-0.05, 0) is 79.7 Å². The topological polar surface area (TPSA) is 66.8 Å². The molecule has 0 saturated carbocycles. The van der Waals surface area contributed by atoms with Gasteiger partial charge in [-0.25, -0.2) is 0 Å². The van der Waals surface area contributed by atoms with Crippen LogP contribution in [0.3, 0.4) is 0 Å². The summed E-state index contributed by atoms with van der Waals surface area (Å²) in [5.74, 6) is -0.0814. The van der Waals surface area contributed by atoms with Gasteiger partial charge in [0.2, 0.25) is 0 Å². The molecule has 2 amide bonds. The molecule has 0 unspecified atom stereocenters. The van der Waals surface area contributed by atoms with E-state index in [0.29, 0.717) is 32.4 Å². The number of aryl methyl sites for hydroxylation is 1. The lowest BCUT2D eigenvalue weighted by Crippen LogP contribution is -2.29. The van der Waals surface area contributed by atoms with E-state index in [2.05, 4.69) is 31.9 Å². The largest absolute Gasteiger partial charge is 0.503 e. The number of ether oxygens (including phenoxy) is 1. The standard InChI is InChI=1S/C20H17Br2NO4S/c1-27-14-10-13(16(21)17(22)18(14)24)11-15-19(25)23(20(26)28-15)9-5-8-12-6-3-2-4-7-12/h2-4,6-7,10-11,24H,5,8-9H2,1H3/b15-11+. The maximum Gasteiger partial charge on any atom is 0.293 e. The quantitative estimate of drug-likeness (QED) is 0.496. The molecular formula is C20H17Br2NO4S. The Kier molecular flexibility index (Phi) is 6.85. The lowest BCUT2D eigenvalue weighted by Gasteiger charge is -2.12. The van der Waals surface area contributed by atoms with Crippen molar-refractivity contribution >= 4 is 60.8 Å². The van der Waals surface area contributed by atoms with Crippen molar-refractivity contribution in [2.45, 2.75) is 12.8 Å². The zero-order chi connectivity index (χ0) is 20.3. The molecule has 0 radical (unpaired) electrons. The predicted molar refractivity (Wildman–Crippen MR) is 117 cm³/mol. The molecule has 0 aromatic heterocycles. The van der Waals surface area contributed by atoms with Crippen molar-refractivity contribution < 1.29 is 19.4 Å². The number of methoxy groups -OCH3 is 1. The molecule has 146 valence electrons. The smallest absolute Gasteiger partial charge is 0.293 e. The van der Waals surface area contributed by atoms with Crippen LogP contribution in [-0.4, -0.2) is 34.8 Å². The lowest BCUT2D eigenvalue weighted by atomic mass is 10.1. The molecule has 0 aliphatic carbocycles. The Morgan fingerprint density at radius 2 is 1.89 bits per heavy atom. The average Bonchev–Trinajstić information content (AvgIpc) is 2.96. The fourth-order valence-corrected chi connectivity index (χ4v) is 4.49. The highest BCUT2D eigenvalue weighted by Crippen LogP contribution is 2.43. The van der Waals surface area contributed by atoms with Crippen LogP contribution in [0.1, 0.15) is 17.5 Å². The van der Waals surface area contributed by atoms with Crippen LogP contribution in [0.25, 0.3) is 6.08 Å². The molecule has 0 atom stereocenters. The highest BCUT2D eigenvalue weighted by Gasteiger charge is 2.34. The zero-order valence-electron chi connectivity index (χ0n) is 14.9. The second-order valence-corrected chi connectivity index (χ2v) is 8.65. The monoisotopic (exact) mass is 525 g/mol. The first-order valence-electron chi connectivity index (χ1n) is 8.46. The SMILES string of the molecule is COc1cc(/C=C2/SC(=O)N(CCCc3ccccc3)C2=O)c(Br)c(Br)c1O. The predicted octanol–water partition coefficient (Wildman–Crippen LogP) is 5.59. The van der Waals surface area contributed by atoms with Crippen molar-refractivity contribution in [2.75, 3.05) is 13.7 Å². The first-order chi connectivity index (χ1) is 13.4. The number of aromatic hydroxyl groups is 1. The Morgan fingerprint density at radius 1 is 1.18 bits per heavy atom. The number of carbonyl (C=O) groups excluding carboxylic acids is 2. The van der Waals surface area contributed by atoms with E-state index in [9.17, 15) is 14.7 Å². The molecule has 5 nitrogen and oxygen atoms in total. The summed E-state index contributed by atoms with van der Waals surface area (Å²) < 4.78 is 6.14. The van der Waals surface area contributed by atoms with E-state index in [1.165, 1.54) is 17.6 Å². The first-order valence-corrected chi connectivity index (χ1v) is 10.9. The molecule has 1 aliphatic rings. The highest BCUT2D eigenvalue weighted by atomic mass is 79.9. The van der Waals surface area contributed by atoms with Gasteiger partial charge in [0, 0.05) is 11.0 Å². The second kappa shape index (κ2) is 9.15. The van der Waals surface area contributed by atoms with Crippen molar-refractivity contribution in [3.8, 4) is 11.5 Å². The zero-order valence-corrected chi connectivity index (χ0v) is 18.9. The average molecular weight is 527 g/mol. The van der Waals surface area contributed by atoms with Crippen molar-refractivity contribution in [1.82, 2.24) is 4.90 Å². The Labute approximate surface area is 184 Å². The van der Waals surface area contributed by atoms with Crippen LogP contribution in [0.4, 0.5) is 4.79 Å².